The van der Waals surface area contributed by atoms with Gasteiger partial charge in [-0.25, -0.2) is 18.7 Å². The smallest absolute Gasteiger partial charge is 0.227 e. The van der Waals surface area contributed by atoms with E-state index in [1.54, 1.807) is 16.2 Å². The molecule has 1 saturated heterocycles. The molecule has 7 nitrogen and oxygen atoms in total. The molecule has 0 saturated carbocycles. The second-order valence-corrected chi connectivity index (χ2v) is 12.3. The summed E-state index contributed by atoms with van der Waals surface area (Å²) in [6.07, 6.45) is 4.31. The number of imidazole rings is 1. The highest BCUT2D eigenvalue weighted by atomic mass is 32.1. The predicted octanol–water partition coefficient (Wildman–Crippen LogP) is 7.34. The van der Waals surface area contributed by atoms with Crippen molar-refractivity contribution in [1.29, 1.82) is 0 Å². The summed E-state index contributed by atoms with van der Waals surface area (Å²) in [7, 11) is 0. The van der Waals surface area contributed by atoms with Gasteiger partial charge in [-0.05, 0) is 76.3 Å². The van der Waals surface area contributed by atoms with E-state index in [0.717, 1.165) is 75.8 Å². The Kier molecular flexibility index (Phi) is 6.26. The summed E-state index contributed by atoms with van der Waals surface area (Å²) in [6, 6.07) is 9.59. The first-order chi connectivity index (χ1) is 19.8. The van der Waals surface area contributed by atoms with Gasteiger partial charge in [0.05, 0.1) is 33.5 Å². The lowest BCUT2D eigenvalue weighted by atomic mass is 9.95. The fraction of sp³-hybridized carbons (Fsp3) is 0.355. The van der Waals surface area contributed by atoms with E-state index in [1.165, 1.54) is 16.6 Å². The number of thiazole rings is 1. The number of aromatic nitrogens is 4. The first kappa shape index (κ1) is 26.0. The lowest BCUT2D eigenvalue weighted by molar-refractivity contribution is -0.120. The summed E-state index contributed by atoms with van der Waals surface area (Å²) in [5, 5.41) is 5.19. The molecule has 2 atom stereocenters. The van der Waals surface area contributed by atoms with Crippen LogP contribution in [0.4, 0.5) is 14.5 Å². The number of aryl methyl sites for hydroxylation is 4. The number of nitrogens with zero attached hydrogens (tertiary/aromatic N) is 5. The second kappa shape index (κ2) is 9.87. The zero-order valence-electron chi connectivity index (χ0n) is 23.1. The Bertz CT molecular complexity index is 1800. The first-order valence-electron chi connectivity index (χ1n) is 14.0. The molecule has 0 N–H and O–H groups in total. The summed E-state index contributed by atoms with van der Waals surface area (Å²) in [5.41, 5.74) is 6.03. The number of hydrogen-bond acceptors (Lipinski definition) is 6. The minimum absolute atomic E-state index is 0.119. The number of amides is 1. The van der Waals surface area contributed by atoms with Crippen molar-refractivity contribution >= 4 is 34.0 Å². The maximum absolute atomic E-state index is 14.4. The predicted molar refractivity (Wildman–Crippen MR) is 153 cm³/mol. The third-order valence-corrected chi connectivity index (χ3v) is 9.39. The van der Waals surface area contributed by atoms with Gasteiger partial charge in [-0.15, -0.1) is 11.3 Å². The van der Waals surface area contributed by atoms with E-state index >= 15 is 0 Å². The molecule has 210 valence electrons. The van der Waals surface area contributed by atoms with Gasteiger partial charge < -0.3 is 14.0 Å². The van der Waals surface area contributed by atoms with Crippen LogP contribution in [-0.2, 0) is 17.6 Å². The van der Waals surface area contributed by atoms with E-state index in [1.807, 2.05) is 20.8 Å². The molecule has 1 fully saturated rings. The normalized spacial score (nSPS) is 19.2. The van der Waals surface area contributed by atoms with E-state index in [4.69, 9.17) is 14.5 Å². The van der Waals surface area contributed by atoms with Gasteiger partial charge in [-0.1, -0.05) is 11.2 Å². The van der Waals surface area contributed by atoms with Crippen molar-refractivity contribution in [3.63, 3.8) is 0 Å². The van der Waals surface area contributed by atoms with Crippen LogP contribution in [0.3, 0.4) is 0 Å². The molecule has 1 amide bonds. The lowest BCUT2D eigenvalue weighted by Crippen LogP contribution is -2.40. The number of hydrogen-bond donors (Lipinski definition) is 0. The van der Waals surface area contributed by atoms with Crippen LogP contribution in [0, 0.1) is 32.4 Å². The van der Waals surface area contributed by atoms with Crippen LogP contribution in [-0.4, -0.2) is 25.6 Å². The minimum atomic E-state index is -0.974. The van der Waals surface area contributed by atoms with Crippen LogP contribution in [0.2, 0.25) is 0 Å². The molecule has 7 rings (SSSR count). The number of piperidine rings is 1. The average molecular weight is 574 g/mol. The molecule has 3 aromatic heterocycles. The molecule has 1 aliphatic carbocycles. The molecule has 41 heavy (non-hydrogen) atoms. The van der Waals surface area contributed by atoms with Crippen molar-refractivity contribution in [2.24, 2.45) is 0 Å². The Morgan fingerprint density at radius 2 is 1.85 bits per heavy atom. The zero-order chi connectivity index (χ0) is 28.4. The maximum Gasteiger partial charge on any atom is 0.227 e. The van der Waals surface area contributed by atoms with Crippen LogP contribution in [0.15, 0.2) is 40.9 Å². The molecular weight excluding hydrogens is 544 g/mol. The van der Waals surface area contributed by atoms with Crippen molar-refractivity contribution in [1.82, 2.24) is 19.7 Å². The molecule has 5 aromatic rings. The molecule has 0 radical (unpaired) electrons. The van der Waals surface area contributed by atoms with Gasteiger partial charge in [0, 0.05) is 41.1 Å². The molecule has 0 spiro atoms. The zero-order valence-corrected chi connectivity index (χ0v) is 23.9. The van der Waals surface area contributed by atoms with E-state index in [9.17, 15) is 13.6 Å². The van der Waals surface area contributed by atoms with E-state index in [0.29, 0.717) is 24.9 Å². The lowest BCUT2D eigenvalue weighted by Gasteiger charge is -2.37. The first-order valence-corrected chi connectivity index (χ1v) is 14.8. The Balaban J connectivity index is 1.40. The van der Waals surface area contributed by atoms with Crippen LogP contribution in [0.1, 0.15) is 70.6 Å². The summed E-state index contributed by atoms with van der Waals surface area (Å²) in [5.74, 6) is -0.525. The van der Waals surface area contributed by atoms with Gasteiger partial charge >= 0.3 is 0 Å². The summed E-state index contributed by atoms with van der Waals surface area (Å²) >= 11 is 1.74. The number of fused-ring (bicyclic) bond motifs is 2. The number of benzene rings is 2. The number of carbonyl (C=O) groups excluding carboxylic acids is 1. The molecular formula is C31H29F2N5O2S. The van der Waals surface area contributed by atoms with E-state index in [-0.39, 0.29) is 11.9 Å². The standard InChI is InChI=1S/C31H29F2N5O2S/c1-16-30(17(2)40-36-16)19-7-12-26-25(13-19)35-31(38(26)21-9-11-24-28(15-21)41-18(3)34-24)27-5-4-6-29(39)37(27)20-8-10-22(32)23(33)14-20/h7-8,10,12-14,21,27H,4-6,9,11,15H2,1-3H3. The summed E-state index contributed by atoms with van der Waals surface area (Å²) in [6.45, 7) is 5.86. The highest BCUT2D eigenvalue weighted by molar-refractivity contribution is 7.11. The van der Waals surface area contributed by atoms with Gasteiger partial charge in [0.2, 0.25) is 5.91 Å². The monoisotopic (exact) mass is 573 g/mol. The third-order valence-electron chi connectivity index (χ3n) is 8.35. The number of carbonyl (C=O) groups is 1. The molecule has 4 heterocycles. The highest BCUT2D eigenvalue weighted by Crippen LogP contribution is 2.42. The fourth-order valence-electron chi connectivity index (χ4n) is 6.57. The van der Waals surface area contributed by atoms with Crippen LogP contribution in [0.25, 0.3) is 22.2 Å². The Morgan fingerprint density at radius 3 is 2.63 bits per heavy atom. The van der Waals surface area contributed by atoms with E-state index in [2.05, 4.69) is 27.9 Å². The van der Waals surface area contributed by atoms with Crippen LogP contribution >= 0.6 is 11.3 Å². The largest absolute Gasteiger partial charge is 0.361 e. The summed E-state index contributed by atoms with van der Waals surface area (Å²) in [4.78, 5) is 26.2. The number of halogens is 2. The molecule has 2 unspecified atom stereocenters. The van der Waals surface area contributed by atoms with Gasteiger partial charge in [0.25, 0.3) is 0 Å². The van der Waals surface area contributed by atoms with Gasteiger partial charge in [0.15, 0.2) is 11.6 Å². The van der Waals surface area contributed by atoms with E-state index < -0.39 is 17.7 Å². The minimum Gasteiger partial charge on any atom is -0.361 e. The Labute approximate surface area is 239 Å². The molecule has 0 bridgehead atoms. The van der Waals surface area contributed by atoms with Gasteiger partial charge in [-0.2, -0.15) is 0 Å². The van der Waals surface area contributed by atoms with Gasteiger partial charge in [0.1, 0.15) is 11.6 Å². The quantitative estimate of drug-likeness (QED) is 0.225. The molecule has 1 aliphatic heterocycles. The molecule has 2 aliphatic rings. The highest BCUT2D eigenvalue weighted by Gasteiger charge is 2.37. The Morgan fingerprint density at radius 1 is 1.00 bits per heavy atom. The molecule has 10 heteroatoms. The molecule has 2 aromatic carbocycles. The Hall–Kier alpha value is -3.92. The average Bonchev–Trinajstić information content (AvgIpc) is 3.62. The van der Waals surface area contributed by atoms with Crippen molar-refractivity contribution in [2.45, 2.75) is 71.4 Å². The SMILES string of the molecule is Cc1nc2c(s1)CC(n1c(C3CCCC(=O)N3c3ccc(F)c(F)c3)nc3cc(-c4c(C)noc4C)ccc31)CC2. The van der Waals surface area contributed by atoms with Crippen molar-refractivity contribution in [3.8, 4) is 11.1 Å². The van der Waals surface area contributed by atoms with Crippen molar-refractivity contribution in [3.05, 3.63) is 80.9 Å². The van der Waals surface area contributed by atoms with Crippen molar-refractivity contribution < 1.29 is 18.1 Å². The maximum atomic E-state index is 14.4. The second-order valence-electron chi connectivity index (χ2n) is 11.0. The fourth-order valence-corrected chi connectivity index (χ4v) is 7.62. The van der Waals surface area contributed by atoms with Crippen LogP contribution in [0.5, 0.6) is 0 Å². The number of rotatable bonds is 4. The summed E-state index contributed by atoms with van der Waals surface area (Å²) < 4.78 is 35.9. The number of anilines is 1. The van der Waals surface area contributed by atoms with Crippen LogP contribution < -0.4 is 4.90 Å². The van der Waals surface area contributed by atoms with Crippen molar-refractivity contribution in [2.75, 3.05) is 4.90 Å². The van der Waals surface area contributed by atoms with Gasteiger partial charge in [-0.3, -0.25) is 4.79 Å². The third kappa shape index (κ3) is 4.36. The topological polar surface area (TPSA) is 77.1 Å².